The Hall–Kier alpha value is -4.37. The number of fused-ring (bicyclic) bond motifs is 10. The van der Waals surface area contributed by atoms with Crippen LogP contribution in [0.2, 0.25) is 0 Å². The first-order chi connectivity index (χ1) is 15.8. The van der Waals surface area contributed by atoms with Gasteiger partial charge in [0.2, 0.25) is 0 Å². The van der Waals surface area contributed by atoms with Crippen molar-refractivity contribution < 1.29 is 0 Å². The van der Waals surface area contributed by atoms with Gasteiger partial charge >= 0.3 is 0 Å². The molecule has 0 aliphatic heterocycles. The first-order valence-corrected chi connectivity index (χ1v) is 10.8. The Morgan fingerprint density at radius 1 is 0.500 bits per heavy atom. The zero-order chi connectivity index (χ0) is 21.2. The van der Waals surface area contributed by atoms with Crippen LogP contribution in [0, 0.1) is 0 Å². The van der Waals surface area contributed by atoms with Gasteiger partial charge in [0.25, 0.3) is 5.56 Å². The number of benzene rings is 5. The molecule has 0 atom stereocenters. The fourth-order valence-electron chi connectivity index (χ4n) is 5.15. The lowest BCUT2D eigenvalue weighted by molar-refractivity contribution is 1.01. The molecule has 0 saturated carbocycles. The summed E-state index contributed by atoms with van der Waals surface area (Å²) in [5.41, 5.74) is 3.79. The molecule has 0 fully saturated rings. The van der Waals surface area contributed by atoms with Crippen molar-refractivity contribution in [3.63, 3.8) is 0 Å². The summed E-state index contributed by atoms with van der Waals surface area (Å²) < 4.78 is 4.10. The summed E-state index contributed by atoms with van der Waals surface area (Å²) in [5.74, 6) is 0. The molecule has 150 valence electrons. The van der Waals surface area contributed by atoms with Crippen LogP contribution >= 0.6 is 0 Å². The second kappa shape index (κ2) is 6.32. The van der Waals surface area contributed by atoms with Crippen LogP contribution in [0.1, 0.15) is 0 Å². The summed E-state index contributed by atoms with van der Waals surface area (Å²) in [6.07, 6.45) is 0. The highest BCUT2D eigenvalue weighted by molar-refractivity contribution is 6.26. The van der Waals surface area contributed by atoms with Gasteiger partial charge in [-0.1, -0.05) is 78.9 Å². The lowest BCUT2D eigenvalue weighted by Gasteiger charge is -2.13. The molecule has 0 aliphatic rings. The highest BCUT2D eigenvalue weighted by Gasteiger charge is 2.18. The molecule has 2 heterocycles. The molecule has 0 radical (unpaired) electrons. The molecule has 5 aromatic carbocycles. The van der Waals surface area contributed by atoms with E-state index in [1.54, 1.807) is 0 Å². The summed E-state index contributed by atoms with van der Waals surface area (Å²) in [7, 11) is 0. The maximum absolute atomic E-state index is 13.7. The summed E-state index contributed by atoms with van der Waals surface area (Å²) in [6.45, 7) is 0. The van der Waals surface area contributed by atoms with Crippen LogP contribution in [-0.4, -0.2) is 8.97 Å². The van der Waals surface area contributed by atoms with E-state index in [-0.39, 0.29) is 5.56 Å². The van der Waals surface area contributed by atoms with E-state index in [1.807, 2.05) is 59.2 Å². The summed E-state index contributed by atoms with van der Waals surface area (Å²) in [6, 6.07) is 37.1. The number of rotatable bonds is 1. The van der Waals surface area contributed by atoms with Gasteiger partial charge in [-0.05, 0) is 46.5 Å². The van der Waals surface area contributed by atoms with Gasteiger partial charge in [0.1, 0.15) is 5.65 Å². The number of hydrogen-bond donors (Lipinski definition) is 0. The molecule has 2 aromatic heterocycles. The van der Waals surface area contributed by atoms with Crippen molar-refractivity contribution >= 4 is 49.0 Å². The first kappa shape index (κ1) is 17.3. The molecule has 32 heavy (non-hydrogen) atoms. The average Bonchev–Trinajstić information content (AvgIpc) is 3.26. The van der Waals surface area contributed by atoms with E-state index in [4.69, 9.17) is 0 Å². The molecule has 3 nitrogen and oxygen atoms in total. The van der Waals surface area contributed by atoms with E-state index >= 15 is 0 Å². The van der Waals surface area contributed by atoms with Crippen molar-refractivity contribution in [2.24, 2.45) is 0 Å². The van der Waals surface area contributed by atoms with Crippen molar-refractivity contribution in [2.75, 3.05) is 0 Å². The fourth-order valence-corrected chi connectivity index (χ4v) is 5.15. The number of aromatic nitrogens is 2. The second-order valence-corrected chi connectivity index (χ2v) is 8.18. The van der Waals surface area contributed by atoms with Crippen LogP contribution in [0.3, 0.4) is 0 Å². The second-order valence-electron chi connectivity index (χ2n) is 8.18. The minimum atomic E-state index is -0.00397. The monoisotopic (exact) mass is 410 g/mol. The van der Waals surface area contributed by atoms with Gasteiger partial charge in [-0.15, -0.1) is 0 Å². The van der Waals surface area contributed by atoms with E-state index in [0.29, 0.717) is 5.39 Å². The van der Waals surface area contributed by atoms with Crippen molar-refractivity contribution in [3.05, 3.63) is 120 Å². The van der Waals surface area contributed by atoms with Crippen LogP contribution in [0.5, 0.6) is 0 Å². The Kier molecular flexibility index (Phi) is 3.42. The summed E-state index contributed by atoms with van der Waals surface area (Å²) >= 11 is 0. The quantitative estimate of drug-likeness (QED) is 0.277. The van der Waals surface area contributed by atoms with Crippen LogP contribution < -0.4 is 5.56 Å². The normalized spacial score (nSPS) is 11.9. The predicted molar refractivity (Wildman–Crippen MR) is 133 cm³/mol. The Labute approximate surface area is 183 Å². The van der Waals surface area contributed by atoms with Crippen LogP contribution in [0.15, 0.2) is 114 Å². The molecule has 7 aromatic rings. The van der Waals surface area contributed by atoms with E-state index in [0.717, 1.165) is 27.8 Å². The van der Waals surface area contributed by atoms with Crippen molar-refractivity contribution in [2.45, 2.75) is 0 Å². The first-order valence-electron chi connectivity index (χ1n) is 10.8. The van der Waals surface area contributed by atoms with Gasteiger partial charge in [0.05, 0.1) is 22.1 Å². The molecule has 3 heteroatoms. The lowest BCUT2D eigenvalue weighted by atomic mass is 9.98. The van der Waals surface area contributed by atoms with E-state index in [1.165, 1.54) is 21.5 Å². The van der Waals surface area contributed by atoms with E-state index in [9.17, 15) is 4.79 Å². The number of nitrogens with zero attached hydrogens (tertiary/aromatic N) is 2. The maximum Gasteiger partial charge on any atom is 0.266 e. The third-order valence-electron chi connectivity index (χ3n) is 6.49. The molecule has 0 spiro atoms. The van der Waals surface area contributed by atoms with Gasteiger partial charge in [0, 0.05) is 10.8 Å². The Morgan fingerprint density at radius 3 is 1.75 bits per heavy atom. The molecule has 7 rings (SSSR count). The molecule has 0 unspecified atom stereocenters. The molecule has 0 N–H and O–H groups in total. The van der Waals surface area contributed by atoms with Gasteiger partial charge < -0.3 is 0 Å². The highest BCUT2D eigenvalue weighted by atomic mass is 16.1. The highest BCUT2D eigenvalue weighted by Crippen LogP contribution is 2.38. The number of hydrogen-bond acceptors (Lipinski definition) is 1. The Bertz CT molecular complexity index is 1890. The largest absolute Gasteiger partial charge is 0.294 e. The summed E-state index contributed by atoms with van der Waals surface area (Å²) in [5, 5.41) is 6.69. The Balaban J connectivity index is 1.88. The van der Waals surface area contributed by atoms with Crippen molar-refractivity contribution in [1.82, 2.24) is 8.97 Å². The van der Waals surface area contributed by atoms with Gasteiger partial charge in [0.15, 0.2) is 0 Å². The third kappa shape index (κ3) is 2.17. The average molecular weight is 410 g/mol. The molecule has 0 saturated heterocycles. The fraction of sp³-hybridized carbons (Fsp3) is 0. The van der Waals surface area contributed by atoms with Gasteiger partial charge in [-0.2, -0.15) is 0 Å². The minimum Gasteiger partial charge on any atom is -0.294 e. The van der Waals surface area contributed by atoms with Crippen LogP contribution in [0.4, 0.5) is 0 Å². The van der Waals surface area contributed by atoms with E-state index in [2.05, 4.69) is 59.0 Å². The smallest absolute Gasteiger partial charge is 0.266 e. The Morgan fingerprint density at radius 2 is 1.03 bits per heavy atom. The summed E-state index contributed by atoms with van der Waals surface area (Å²) in [4.78, 5) is 13.7. The predicted octanol–water partition coefficient (Wildman–Crippen LogP) is 6.70. The minimum absolute atomic E-state index is 0.00397. The zero-order valence-corrected chi connectivity index (χ0v) is 17.2. The maximum atomic E-state index is 13.7. The van der Waals surface area contributed by atoms with Crippen LogP contribution in [0.25, 0.3) is 54.7 Å². The molecular formula is C29H18N2O. The van der Waals surface area contributed by atoms with Gasteiger partial charge in [-0.25, -0.2) is 0 Å². The number of para-hydroxylation sites is 2. The molecule has 0 aliphatic carbocycles. The van der Waals surface area contributed by atoms with Gasteiger partial charge in [-0.3, -0.25) is 13.8 Å². The van der Waals surface area contributed by atoms with Crippen molar-refractivity contribution in [1.29, 1.82) is 0 Å². The standard InChI is InChI=1S/C29H18N2O/c32-29-24-16-8-9-17-26(24)31-27(30(29)19-10-2-1-3-11-19)18-25-22-14-5-4-12-20(22)21-13-6-7-15-23(21)28(25)31/h1-18H. The third-order valence-corrected chi connectivity index (χ3v) is 6.49. The molecular weight excluding hydrogens is 392 g/mol. The SMILES string of the molecule is O=c1c2ccccc2n2c3c4ccccc4c4ccccc4c3cc2n1-c1ccccc1. The van der Waals surface area contributed by atoms with Crippen molar-refractivity contribution in [3.8, 4) is 5.69 Å². The lowest BCUT2D eigenvalue weighted by Crippen LogP contribution is -2.21. The van der Waals surface area contributed by atoms with Crippen LogP contribution in [-0.2, 0) is 0 Å². The topological polar surface area (TPSA) is 26.4 Å². The zero-order valence-electron chi connectivity index (χ0n) is 17.2. The van der Waals surface area contributed by atoms with E-state index < -0.39 is 0 Å². The molecule has 0 amide bonds. The molecule has 0 bridgehead atoms.